The monoisotopic (exact) mass is 375 g/mol. The number of ether oxygens (including phenoxy) is 2. The van der Waals surface area contributed by atoms with E-state index in [1.54, 1.807) is 0 Å². The number of halogens is 1. The molecule has 1 aromatic heterocycles. The number of anilines is 1. The summed E-state index contributed by atoms with van der Waals surface area (Å²) in [6, 6.07) is 0.163. The third-order valence-electron chi connectivity index (χ3n) is 5.28. The Hall–Kier alpha value is -2.28. The number of nitrogens with zero attached hydrogens (tertiary/aromatic N) is 2. The molecular weight excluding hydrogens is 349 g/mol. The summed E-state index contributed by atoms with van der Waals surface area (Å²) in [5.74, 6) is 0.0584. The lowest BCUT2D eigenvalue weighted by Gasteiger charge is -2.27. The van der Waals surface area contributed by atoms with Gasteiger partial charge in [-0.15, -0.1) is 0 Å². The molecule has 2 aliphatic rings. The standard InChI is InChI=1S/C20H26FN3O3/c1-12(15-10-27-11-15)8-13(2)18-17(21)9-22-20(24-18)23-16-6-4-14(5-7-16)19(25)26-3/h8-9,14-16H,1,4-7,10-11H2,2-3H3,(H,22,23,24)/b13-8+. The summed E-state index contributed by atoms with van der Waals surface area (Å²) < 4.78 is 24.2. The van der Waals surface area contributed by atoms with Crippen molar-refractivity contribution < 1.29 is 18.7 Å². The van der Waals surface area contributed by atoms with Crippen LogP contribution < -0.4 is 5.32 Å². The summed E-state index contributed by atoms with van der Waals surface area (Å²) >= 11 is 0. The van der Waals surface area contributed by atoms with E-state index >= 15 is 0 Å². The molecule has 0 spiro atoms. The number of hydrogen-bond acceptors (Lipinski definition) is 6. The summed E-state index contributed by atoms with van der Waals surface area (Å²) in [4.78, 5) is 20.1. The molecule has 1 aliphatic heterocycles. The second-order valence-electron chi connectivity index (χ2n) is 7.24. The number of carbonyl (C=O) groups is 1. The maximum atomic E-state index is 14.2. The number of esters is 1. The zero-order chi connectivity index (χ0) is 19.4. The Labute approximate surface area is 158 Å². The number of allylic oxidation sites excluding steroid dienone is 2. The normalized spacial score (nSPS) is 23.4. The molecule has 0 amide bonds. The van der Waals surface area contributed by atoms with Gasteiger partial charge in [0.15, 0.2) is 5.82 Å². The first kappa shape index (κ1) is 19.5. The molecule has 0 radical (unpaired) electrons. The highest BCUT2D eigenvalue weighted by Crippen LogP contribution is 2.28. The van der Waals surface area contributed by atoms with Gasteiger partial charge < -0.3 is 14.8 Å². The predicted octanol–water partition coefficient (Wildman–Crippen LogP) is 3.37. The predicted molar refractivity (Wildman–Crippen MR) is 100 cm³/mol. The first-order valence-corrected chi connectivity index (χ1v) is 9.30. The van der Waals surface area contributed by atoms with E-state index in [1.165, 1.54) is 13.3 Å². The minimum Gasteiger partial charge on any atom is -0.469 e. The van der Waals surface area contributed by atoms with E-state index in [1.807, 2.05) is 13.0 Å². The van der Waals surface area contributed by atoms with Crippen LogP contribution in [0.3, 0.4) is 0 Å². The van der Waals surface area contributed by atoms with Gasteiger partial charge in [0.05, 0.1) is 32.4 Å². The molecule has 0 aromatic carbocycles. The van der Waals surface area contributed by atoms with Gasteiger partial charge in [0, 0.05) is 12.0 Å². The van der Waals surface area contributed by atoms with Gasteiger partial charge in [-0.25, -0.2) is 14.4 Å². The molecule has 0 atom stereocenters. The molecule has 146 valence electrons. The smallest absolute Gasteiger partial charge is 0.308 e. The second kappa shape index (κ2) is 8.61. The van der Waals surface area contributed by atoms with Crippen LogP contribution in [0.4, 0.5) is 10.3 Å². The van der Waals surface area contributed by atoms with E-state index < -0.39 is 5.82 Å². The summed E-state index contributed by atoms with van der Waals surface area (Å²) in [6.07, 6.45) is 6.23. The van der Waals surface area contributed by atoms with Crippen molar-refractivity contribution >= 4 is 17.5 Å². The first-order chi connectivity index (χ1) is 13.0. The molecule has 1 saturated heterocycles. The average molecular weight is 375 g/mol. The minimum absolute atomic E-state index is 0.0376. The highest BCUT2D eigenvalue weighted by atomic mass is 19.1. The van der Waals surface area contributed by atoms with Crippen LogP contribution in [0.5, 0.6) is 0 Å². The molecule has 0 unspecified atom stereocenters. The zero-order valence-corrected chi connectivity index (χ0v) is 15.8. The second-order valence-corrected chi connectivity index (χ2v) is 7.24. The molecule has 1 saturated carbocycles. The number of carbonyl (C=O) groups excluding carboxylic acids is 1. The Balaban J connectivity index is 1.64. The lowest BCUT2D eigenvalue weighted by atomic mass is 9.86. The van der Waals surface area contributed by atoms with Crippen LogP contribution in [0, 0.1) is 17.7 Å². The van der Waals surface area contributed by atoms with E-state index in [9.17, 15) is 9.18 Å². The van der Waals surface area contributed by atoms with Crippen molar-refractivity contribution in [1.29, 1.82) is 0 Å². The van der Waals surface area contributed by atoms with Crippen LogP contribution in [0.1, 0.15) is 38.3 Å². The Morgan fingerprint density at radius 1 is 1.33 bits per heavy atom. The molecule has 1 aliphatic carbocycles. The number of hydrogen-bond donors (Lipinski definition) is 1. The van der Waals surface area contributed by atoms with E-state index in [0.717, 1.165) is 31.3 Å². The number of nitrogens with one attached hydrogen (secondary N) is 1. The molecule has 1 aromatic rings. The fourth-order valence-electron chi connectivity index (χ4n) is 3.45. The third-order valence-corrected chi connectivity index (χ3v) is 5.28. The van der Waals surface area contributed by atoms with Crippen LogP contribution in [-0.4, -0.2) is 42.3 Å². The van der Waals surface area contributed by atoms with Crippen LogP contribution in [0.2, 0.25) is 0 Å². The molecular formula is C20H26FN3O3. The van der Waals surface area contributed by atoms with Gasteiger partial charge in [0.25, 0.3) is 0 Å². The molecule has 7 heteroatoms. The minimum atomic E-state index is -0.457. The summed E-state index contributed by atoms with van der Waals surface area (Å²) in [6.45, 7) is 7.19. The molecule has 27 heavy (non-hydrogen) atoms. The lowest BCUT2D eigenvalue weighted by molar-refractivity contribution is -0.146. The van der Waals surface area contributed by atoms with Gasteiger partial charge in [-0.1, -0.05) is 12.7 Å². The van der Waals surface area contributed by atoms with Crippen LogP contribution in [0.25, 0.3) is 5.57 Å². The maximum Gasteiger partial charge on any atom is 0.308 e. The van der Waals surface area contributed by atoms with E-state index in [2.05, 4.69) is 21.9 Å². The van der Waals surface area contributed by atoms with Gasteiger partial charge in [0.2, 0.25) is 5.95 Å². The van der Waals surface area contributed by atoms with Gasteiger partial charge >= 0.3 is 5.97 Å². The van der Waals surface area contributed by atoms with Crippen molar-refractivity contribution in [1.82, 2.24) is 9.97 Å². The lowest BCUT2D eigenvalue weighted by Crippen LogP contribution is -2.30. The topological polar surface area (TPSA) is 73.3 Å². The maximum absolute atomic E-state index is 14.2. The summed E-state index contributed by atoms with van der Waals surface area (Å²) in [7, 11) is 1.42. The van der Waals surface area contributed by atoms with Crippen LogP contribution in [-0.2, 0) is 14.3 Å². The van der Waals surface area contributed by atoms with Crippen molar-refractivity contribution in [2.24, 2.45) is 11.8 Å². The van der Waals surface area contributed by atoms with Crippen molar-refractivity contribution in [2.75, 3.05) is 25.6 Å². The largest absolute Gasteiger partial charge is 0.469 e. The van der Waals surface area contributed by atoms with Crippen molar-refractivity contribution in [3.63, 3.8) is 0 Å². The first-order valence-electron chi connectivity index (χ1n) is 9.30. The molecule has 2 heterocycles. The number of aromatic nitrogens is 2. The van der Waals surface area contributed by atoms with Gasteiger partial charge in [-0.05, 0) is 43.8 Å². The Kier molecular flexibility index (Phi) is 6.21. The van der Waals surface area contributed by atoms with E-state index in [4.69, 9.17) is 9.47 Å². The van der Waals surface area contributed by atoms with Crippen LogP contribution >= 0.6 is 0 Å². The van der Waals surface area contributed by atoms with E-state index in [0.29, 0.717) is 30.7 Å². The molecule has 0 bridgehead atoms. The van der Waals surface area contributed by atoms with Crippen molar-refractivity contribution in [2.45, 2.75) is 38.6 Å². The average Bonchev–Trinajstić information content (AvgIpc) is 2.61. The van der Waals surface area contributed by atoms with Crippen LogP contribution in [0.15, 0.2) is 24.4 Å². The van der Waals surface area contributed by atoms with Gasteiger partial charge in [0.1, 0.15) is 5.69 Å². The number of methoxy groups -OCH3 is 1. The quantitative estimate of drug-likeness (QED) is 0.607. The molecule has 6 nitrogen and oxygen atoms in total. The highest BCUT2D eigenvalue weighted by molar-refractivity contribution is 5.72. The summed E-state index contributed by atoms with van der Waals surface area (Å²) in [5, 5.41) is 3.27. The van der Waals surface area contributed by atoms with E-state index in [-0.39, 0.29) is 23.6 Å². The molecule has 3 rings (SSSR count). The Bertz CT molecular complexity index is 738. The SMILES string of the molecule is C=C(/C=C(\C)c1nc(NC2CCC(C(=O)OC)CC2)ncc1F)C1COC1. The Morgan fingerprint density at radius 3 is 2.63 bits per heavy atom. The highest BCUT2D eigenvalue weighted by Gasteiger charge is 2.27. The van der Waals surface area contributed by atoms with Gasteiger partial charge in [-0.2, -0.15) is 0 Å². The van der Waals surface area contributed by atoms with Crippen molar-refractivity contribution in [3.05, 3.63) is 35.9 Å². The fourth-order valence-corrected chi connectivity index (χ4v) is 3.45. The van der Waals surface area contributed by atoms with Gasteiger partial charge in [-0.3, -0.25) is 4.79 Å². The van der Waals surface area contributed by atoms with Crippen molar-refractivity contribution in [3.8, 4) is 0 Å². The summed E-state index contributed by atoms with van der Waals surface area (Å²) in [5.41, 5.74) is 1.91. The molecule has 2 fully saturated rings. The molecule has 1 N–H and O–H groups in total. The number of rotatable bonds is 6. The third kappa shape index (κ3) is 4.71. The Morgan fingerprint density at radius 2 is 2.04 bits per heavy atom. The zero-order valence-electron chi connectivity index (χ0n) is 15.8. The fraction of sp³-hybridized carbons (Fsp3) is 0.550.